The Morgan fingerprint density at radius 3 is 2.62 bits per heavy atom. The lowest BCUT2D eigenvalue weighted by Crippen LogP contribution is -2.44. The number of carbonyl (C=O) groups is 1. The molecule has 1 rings (SSSR count). The van der Waals surface area contributed by atoms with Crippen LogP contribution in [0.5, 0.6) is 0 Å². The molecule has 1 aromatic rings. The van der Waals surface area contributed by atoms with Crippen molar-refractivity contribution in [3.8, 4) is 0 Å². The highest BCUT2D eigenvalue weighted by atomic mass is 16.3. The van der Waals surface area contributed by atoms with Crippen molar-refractivity contribution in [2.45, 2.75) is 12.5 Å². The number of carbonyl (C=O) groups excluding carboxylic acids is 1. The Hall–Kier alpha value is -1.39. The number of rotatable bonds is 5. The van der Waals surface area contributed by atoms with E-state index in [9.17, 15) is 4.79 Å². The van der Waals surface area contributed by atoms with Gasteiger partial charge in [0.1, 0.15) is 0 Å². The van der Waals surface area contributed by atoms with Gasteiger partial charge in [-0.1, -0.05) is 30.3 Å². The second-order valence-electron chi connectivity index (χ2n) is 3.78. The van der Waals surface area contributed by atoms with Gasteiger partial charge in [0.25, 0.3) is 0 Å². The summed E-state index contributed by atoms with van der Waals surface area (Å²) in [5.74, 6) is -0.141. The molecule has 0 bridgehead atoms. The molecule has 16 heavy (non-hydrogen) atoms. The number of amides is 1. The SMILES string of the molecule is CN(CCO)C(=O)[C@H](N)Cc1ccccc1. The van der Waals surface area contributed by atoms with Crippen LogP contribution in [-0.2, 0) is 11.2 Å². The Morgan fingerprint density at radius 1 is 1.44 bits per heavy atom. The van der Waals surface area contributed by atoms with E-state index in [2.05, 4.69) is 0 Å². The van der Waals surface area contributed by atoms with E-state index in [1.807, 2.05) is 30.3 Å². The molecule has 0 saturated carbocycles. The Balaban J connectivity index is 2.52. The molecule has 0 aliphatic heterocycles. The van der Waals surface area contributed by atoms with Gasteiger partial charge in [0, 0.05) is 13.6 Å². The van der Waals surface area contributed by atoms with Crippen LogP contribution in [0, 0.1) is 0 Å². The van der Waals surface area contributed by atoms with Crippen LogP contribution in [0.25, 0.3) is 0 Å². The van der Waals surface area contributed by atoms with Crippen LogP contribution in [0.3, 0.4) is 0 Å². The van der Waals surface area contributed by atoms with Crippen LogP contribution in [0.2, 0.25) is 0 Å². The lowest BCUT2D eigenvalue weighted by Gasteiger charge is -2.20. The summed E-state index contributed by atoms with van der Waals surface area (Å²) in [4.78, 5) is 13.2. The fourth-order valence-electron chi connectivity index (χ4n) is 1.50. The molecule has 3 N–H and O–H groups in total. The second kappa shape index (κ2) is 6.25. The van der Waals surface area contributed by atoms with E-state index in [1.54, 1.807) is 7.05 Å². The van der Waals surface area contributed by atoms with Crippen LogP contribution in [0.1, 0.15) is 5.56 Å². The van der Waals surface area contributed by atoms with Crippen molar-refractivity contribution < 1.29 is 9.90 Å². The highest BCUT2D eigenvalue weighted by molar-refractivity contribution is 5.81. The normalized spacial score (nSPS) is 12.2. The molecule has 0 aliphatic carbocycles. The summed E-state index contributed by atoms with van der Waals surface area (Å²) in [6, 6.07) is 9.11. The molecular formula is C12H18N2O2. The lowest BCUT2D eigenvalue weighted by atomic mass is 10.1. The molecule has 1 amide bonds. The van der Waals surface area contributed by atoms with E-state index < -0.39 is 6.04 Å². The largest absolute Gasteiger partial charge is 0.395 e. The van der Waals surface area contributed by atoms with E-state index in [0.717, 1.165) is 5.56 Å². The van der Waals surface area contributed by atoms with Crippen molar-refractivity contribution in [1.29, 1.82) is 0 Å². The van der Waals surface area contributed by atoms with Crippen LogP contribution < -0.4 is 5.73 Å². The molecule has 0 aromatic heterocycles. The number of aliphatic hydroxyl groups excluding tert-OH is 1. The minimum absolute atomic E-state index is 0.0414. The number of nitrogens with zero attached hydrogens (tertiary/aromatic N) is 1. The van der Waals surface area contributed by atoms with Crippen molar-refractivity contribution in [2.75, 3.05) is 20.2 Å². The maximum atomic E-state index is 11.7. The van der Waals surface area contributed by atoms with Crippen LogP contribution in [0.15, 0.2) is 30.3 Å². The topological polar surface area (TPSA) is 66.6 Å². The first-order valence-corrected chi connectivity index (χ1v) is 5.30. The average Bonchev–Trinajstić information content (AvgIpc) is 2.29. The third kappa shape index (κ3) is 3.64. The minimum Gasteiger partial charge on any atom is -0.395 e. The standard InChI is InChI=1S/C12H18N2O2/c1-14(7-8-15)12(16)11(13)9-10-5-3-2-4-6-10/h2-6,11,15H,7-9,13H2,1H3/t11-/m1/s1. The molecule has 0 unspecified atom stereocenters. The quantitative estimate of drug-likeness (QED) is 0.737. The molecule has 0 aliphatic rings. The monoisotopic (exact) mass is 222 g/mol. The predicted octanol–water partition coefficient (Wildman–Crippen LogP) is 0.00710. The van der Waals surface area contributed by atoms with Crippen LogP contribution in [0.4, 0.5) is 0 Å². The Bertz CT molecular complexity index is 327. The summed E-state index contributed by atoms with van der Waals surface area (Å²) >= 11 is 0. The first-order chi connectivity index (χ1) is 7.65. The van der Waals surface area contributed by atoms with Crippen LogP contribution in [-0.4, -0.2) is 42.2 Å². The summed E-state index contributed by atoms with van der Waals surface area (Å²) in [5, 5.41) is 8.72. The fraction of sp³-hybridized carbons (Fsp3) is 0.417. The molecule has 1 aromatic carbocycles. The van der Waals surface area contributed by atoms with Gasteiger partial charge in [0.15, 0.2) is 0 Å². The smallest absolute Gasteiger partial charge is 0.239 e. The summed E-state index contributed by atoms with van der Waals surface area (Å²) in [6.45, 7) is 0.279. The van der Waals surface area contributed by atoms with Gasteiger partial charge in [-0.25, -0.2) is 0 Å². The van der Waals surface area contributed by atoms with Crippen molar-refractivity contribution in [3.63, 3.8) is 0 Å². The lowest BCUT2D eigenvalue weighted by molar-refractivity contribution is -0.131. The van der Waals surface area contributed by atoms with Gasteiger partial charge in [-0.15, -0.1) is 0 Å². The van der Waals surface area contributed by atoms with Gasteiger partial charge in [0.2, 0.25) is 5.91 Å². The zero-order valence-corrected chi connectivity index (χ0v) is 9.47. The summed E-state index contributed by atoms with van der Waals surface area (Å²) < 4.78 is 0. The van der Waals surface area contributed by atoms with Crippen molar-refractivity contribution in [1.82, 2.24) is 4.90 Å². The van der Waals surface area contributed by atoms with Gasteiger partial charge in [-0.05, 0) is 12.0 Å². The Morgan fingerprint density at radius 2 is 2.06 bits per heavy atom. The highest BCUT2D eigenvalue weighted by Gasteiger charge is 2.17. The zero-order chi connectivity index (χ0) is 12.0. The molecule has 88 valence electrons. The van der Waals surface area contributed by atoms with Crippen LogP contribution >= 0.6 is 0 Å². The number of likely N-dealkylation sites (N-methyl/N-ethyl adjacent to an activating group) is 1. The molecule has 1 atom stereocenters. The Kier molecular flexibility index (Phi) is 4.95. The van der Waals surface area contributed by atoms with Crippen molar-refractivity contribution in [3.05, 3.63) is 35.9 Å². The van der Waals surface area contributed by atoms with E-state index in [4.69, 9.17) is 10.8 Å². The molecule has 0 fully saturated rings. The molecule has 0 saturated heterocycles. The maximum absolute atomic E-state index is 11.7. The Labute approximate surface area is 95.7 Å². The van der Waals surface area contributed by atoms with Gasteiger partial charge in [-0.3, -0.25) is 4.79 Å². The minimum atomic E-state index is -0.543. The first kappa shape index (κ1) is 12.7. The average molecular weight is 222 g/mol. The third-order valence-corrected chi connectivity index (χ3v) is 2.43. The molecular weight excluding hydrogens is 204 g/mol. The fourth-order valence-corrected chi connectivity index (χ4v) is 1.50. The molecule has 0 radical (unpaired) electrons. The summed E-state index contributed by atoms with van der Waals surface area (Å²) in [7, 11) is 1.64. The van der Waals surface area contributed by atoms with Gasteiger partial charge < -0.3 is 15.7 Å². The van der Waals surface area contributed by atoms with E-state index in [-0.39, 0.29) is 12.5 Å². The molecule has 4 heteroatoms. The molecule has 0 heterocycles. The van der Waals surface area contributed by atoms with Gasteiger partial charge in [-0.2, -0.15) is 0 Å². The number of nitrogens with two attached hydrogens (primary N) is 1. The number of hydrogen-bond donors (Lipinski definition) is 2. The summed E-state index contributed by atoms with van der Waals surface area (Å²) in [5.41, 5.74) is 6.85. The number of aliphatic hydroxyl groups is 1. The third-order valence-electron chi connectivity index (χ3n) is 2.43. The van der Waals surface area contributed by atoms with Crippen molar-refractivity contribution >= 4 is 5.91 Å². The predicted molar refractivity (Wildman–Crippen MR) is 62.8 cm³/mol. The second-order valence-corrected chi connectivity index (χ2v) is 3.78. The number of hydrogen-bond acceptors (Lipinski definition) is 3. The number of benzene rings is 1. The van der Waals surface area contributed by atoms with E-state index in [0.29, 0.717) is 13.0 Å². The van der Waals surface area contributed by atoms with E-state index in [1.165, 1.54) is 4.90 Å². The zero-order valence-electron chi connectivity index (χ0n) is 9.47. The highest BCUT2D eigenvalue weighted by Crippen LogP contribution is 2.03. The van der Waals surface area contributed by atoms with E-state index >= 15 is 0 Å². The van der Waals surface area contributed by atoms with Crippen molar-refractivity contribution in [2.24, 2.45) is 5.73 Å². The maximum Gasteiger partial charge on any atom is 0.239 e. The molecule has 4 nitrogen and oxygen atoms in total. The van der Waals surface area contributed by atoms with Gasteiger partial charge in [0.05, 0.1) is 12.6 Å². The summed E-state index contributed by atoms with van der Waals surface area (Å²) in [6.07, 6.45) is 0.523. The molecule has 0 spiro atoms. The first-order valence-electron chi connectivity index (χ1n) is 5.30. The van der Waals surface area contributed by atoms with Gasteiger partial charge >= 0.3 is 0 Å².